The third-order valence-electron chi connectivity index (χ3n) is 8.14. The number of aryl methyl sites for hydroxylation is 3. The fourth-order valence-electron chi connectivity index (χ4n) is 5.41. The molecule has 1 saturated carbocycles. The number of hydrogen-bond donors (Lipinski definition) is 0. The lowest BCUT2D eigenvalue weighted by molar-refractivity contribution is -0.115. The Labute approximate surface area is 262 Å². The molecule has 0 aromatic heterocycles. The van der Waals surface area contributed by atoms with Gasteiger partial charge in [-0.1, -0.05) is 147 Å². The SMILES string of the molecule is C/C=C(\C)C(=O)CCc1ccc(C)c(-c2cccc(CCCCC(C)CCC)c2)c1.C=CC.CC.CC1CCCCC1. The molecule has 2 aromatic rings. The zero-order valence-electron chi connectivity index (χ0n) is 29.2. The molecule has 0 aliphatic heterocycles. The maximum absolute atomic E-state index is 12.1. The van der Waals surface area contributed by atoms with Crippen molar-refractivity contribution in [2.45, 2.75) is 146 Å². The maximum Gasteiger partial charge on any atom is 0.158 e. The van der Waals surface area contributed by atoms with Gasteiger partial charge >= 0.3 is 0 Å². The van der Waals surface area contributed by atoms with Crippen LogP contribution in [0, 0.1) is 18.8 Å². The van der Waals surface area contributed by atoms with Crippen molar-refractivity contribution in [2.24, 2.45) is 11.8 Å². The Hall–Kier alpha value is -2.41. The number of carbonyl (C=O) groups is 1. The highest BCUT2D eigenvalue weighted by Gasteiger charge is 2.09. The predicted octanol–water partition coefficient (Wildman–Crippen LogP) is 13.1. The molecule has 0 saturated heterocycles. The fraction of sp³-hybridized carbons (Fsp3) is 0.585. The van der Waals surface area contributed by atoms with Gasteiger partial charge in [-0.25, -0.2) is 0 Å². The summed E-state index contributed by atoms with van der Waals surface area (Å²) in [5, 5.41) is 0. The Balaban J connectivity index is 0.00000117. The third-order valence-corrected chi connectivity index (χ3v) is 8.14. The van der Waals surface area contributed by atoms with E-state index in [1.165, 1.54) is 92.0 Å². The minimum Gasteiger partial charge on any atom is -0.295 e. The normalized spacial score (nSPS) is 13.8. The van der Waals surface area contributed by atoms with Crippen molar-refractivity contribution in [1.82, 2.24) is 0 Å². The van der Waals surface area contributed by atoms with E-state index in [0.29, 0.717) is 6.42 Å². The second-order valence-electron chi connectivity index (χ2n) is 12.0. The van der Waals surface area contributed by atoms with E-state index in [0.717, 1.165) is 30.3 Å². The Morgan fingerprint density at radius 3 is 2.17 bits per heavy atom. The molecule has 0 radical (unpaired) electrons. The molecule has 236 valence electrons. The molecule has 42 heavy (non-hydrogen) atoms. The van der Waals surface area contributed by atoms with Crippen molar-refractivity contribution < 1.29 is 4.79 Å². The average Bonchev–Trinajstić information content (AvgIpc) is 3.00. The first-order valence-corrected chi connectivity index (χ1v) is 17.2. The first-order valence-electron chi connectivity index (χ1n) is 17.2. The van der Waals surface area contributed by atoms with Crippen LogP contribution in [-0.2, 0) is 17.6 Å². The van der Waals surface area contributed by atoms with E-state index in [2.05, 4.69) is 76.7 Å². The van der Waals surface area contributed by atoms with Gasteiger partial charge in [-0.2, -0.15) is 0 Å². The van der Waals surface area contributed by atoms with E-state index in [9.17, 15) is 4.79 Å². The molecular weight excluding hydrogens is 508 g/mol. The fourth-order valence-corrected chi connectivity index (χ4v) is 5.41. The second-order valence-corrected chi connectivity index (χ2v) is 12.0. The number of rotatable bonds is 12. The van der Waals surface area contributed by atoms with E-state index < -0.39 is 0 Å². The molecule has 0 bridgehead atoms. The number of unbranched alkanes of at least 4 members (excludes halogenated alkanes) is 1. The van der Waals surface area contributed by atoms with Gasteiger partial charge < -0.3 is 0 Å². The van der Waals surface area contributed by atoms with Crippen molar-refractivity contribution in [3.63, 3.8) is 0 Å². The molecule has 0 amide bonds. The summed E-state index contributed by atoms with van der Waals surface area (Å²) < 4.78 is 0. The van der Waals surface area contributed by atoms with Crippen LogP contribution in [0.25, 0.3) is 11.1 Å². The van der Waals surface area contributed by atoms with E-state index in [4.69, 9.17) is 0 Å². The lowest BCUT2D eigenvalue weighted by Crippen LogP contribution is -2.01. The van der Waals surface area contributed by atoms with Crippen molar-refractivity contribution in [2.75, 3.05) is 0 Å². The van der Waals surface area contributed by atoms with Crippen LogP contribution in [0.3, 0.4) is 0 Å². The predicted molar refractivity (Wildman–Crippen MR) is 190 cm³/mol. The number of ketones is 1. The summed E-state index contributed by atoms with van der Waals surface area (Å²) in [6, 6.07) is 15.7. The minimum absolute atomic E-state index is 0.245. The Morgan fingerprint density at radius 2 is 1.60 bits per heavy atom. The lowest BCUT2D eigenvalue weighted by atomic mass is 9.91. The van der Waals surface area contributed by atoms with Crippen molar-refractivity contribution in [3.8, 4) is 11.1 Å². The first-order chi connectivity index (χ1) is 20.2. The van der Waals surface area contributed by atoms with Crippen LogP contribution >= 0.6 is 0 Å². The summed E-state index contributed by atoms with van der Waals surface area (Å²) in [6.07, 6.45) is 20.2. The summed E-state index contributed by atoms with van der Waals surface area (Å²) in [4.78, 5) is 12.1. The van der Waals surface area contributed by atoms with Gasteiger partial charge in [0.15, 0.2) is 5.78 Å². The van der Waals surface area contributed by atoms with E-state index in [1.54, 1.807) is 6.08 Å². The van der Waals surface area contributed by atoms with Crippen LogP contribution in [0.15, 0.2) is 66.8 Å². The van der Waals surface area contributed by atoms with Crippen LogP contribution < -0.4 is 0 Å². The number of hydrogen-bond acceptors (Lipinski definition) is 1. The monoisotopic (exact) mass is 575 g/mol. The largest absolute Gasteiger partial charge is 0.295 e. The maximum atomic E-state index is 12.1. The molecule has 0 N–H and O–H groups in total. The number of carbonyl (C=O) groups excluding carboxylic acids is 1. The van der Waals surface area contributed by atoms with E-state index >= 15 is 0 Å². The van der Waals surface area contributed by atoms with Gasteiger partial charge in [-0.05, 0) is 92.2 Å². The zero-order chi connectivity index (χ0) is 31.8. The molecule has 1 atom stereocenters. The quantitative estimate of drug-likeness (QED) is 0.140. The number of benzene rings is 2. The highest BCUT2D eigenvalue weighted by molar-refractivity contribution is 5.94. The second kappa shape index (κ2) is 25.1. The zero-order valence-corrected chi connectivity index (χ0v) is 29.2. The summed E-state index contributed by atoms with van der Waals surface area (Å²) in [7, 11) is 0. The van der Waals surface area contributed by atoms with Gasteiger partial charge in [0.2, 0.25) is 0 Å². The molecule has 1 aliphatic rings. The van der Waals surface area contributed by atoms with Gasteiger partial charge in [0.1, 0.15) is 0 Å². The third kappa shape index (κ3) is 17.5. The molecule has 0 heterocycles. The van der Waals surface area contributed by atoms with Gasteiger partial charge in [-0.3, -0.25) is 4.79 Å². The van der Waals surface area contributed by atoms with E-state index in [-0.39, 0.29) is 5.78 Å². The smallest absolute Gasteiger partial charge is 0.158 e. The van der Waals surface area contributed by atoms with Crippen LogP contribution in [0.4, 0.5) is 0 Å². The molecule has 2 aromatic carbocycles. The molecule has 1 nitrogen and oxygen atoms in total. The van der Waals surface area contributed by atoms with Crippen molar-refractivity contribution in [3.05, 3.63) is 83.5 Å². The van der Waals surface area contributed by atoms with Crippen LogP contribution in [0.2, 0.25) is 0 Å². The first kappa shape index (κ1) is 39.6. The Bertz CT molecular complexity index is 1010. The summed E-state index contributed by atoms with van der Waals surface area (Å²) in [6.45, 7) is 22.3. The number of allylic oxidation sites excluding steroid dienone is 3. The standard InChI is InChI=1S/C29H40O.C7H14.C3H6.C2H6/c1-6-11-22(3)12-8-9-13-25-14-10-15-27(20-25)28-21-26(17-16-24(28)5)18-19-29(30)23(4)7-2;1-7-5-3-2-4-6-7;1-3-2;1-2/h7,10,14-17,20-22H,6,8-9,11-13,18-19H2,1-5H3;7H,2-6H2,1H3;3H,1H2,2H3;1-2H3/b23-7+;;;. The molecular formula is C41H66O. The van der Waals surface area contributed by atoms with Crippen LogP contribution in [0.5, 0.6) is 0 Å². The van der Waals surface area contributed by atoms with Crippen molar-refractivity contribution >= 4 is 5.78 Å². The molecule has 0 spiro atoms. The molecule has 1 unspecified atom stereocenters. The summed E-state index contributed by atoms with van der Waals surface area (Å²) >= 11 is 0. The van der Waals surface area contributed by atoms with Crippen molar-refractivity contribution in [1.29, 1.82) is 0 Å². The van der Waals surface area contributed by atoms with Gasteiger partial charge in [0, 0.05) is 6.42 Å². The summed E-state index contributed by atoms with van der Waals surface area (Å²) in [5.74, 6) is 2.14. The van der Waals surface area contributed by atoms with Crippen LogP contribution in [0.1, 0.15) is 143 Å². The van der Waals surface area contributed by atoms with Gasteiger partial charge in [0.25, 0.3) is 0 Å². The highest BCUT2D eigenvalue weighted by atomic mass is 16.1. The highest BCUT2D eigenvalue weighted by Crippen LogP contribution is 2.27. The molecule has 1 aliphatic carbocycles. The topological polar surface area (TPSA) is 17.1 Å². The minimum atomic E-state index is 0.245. The van der Waals surface area contributed by atoms with Crippen LogP contribution in [-0.4, -0.2) is 5.78 Å². The van der Waals surface area contributed by atoms with Gasteiger partial charge in [-0.15, -0.1) is 6.58 Å². The molecule has 1 heteroatoms. The lowest BCUT2D eigenvalue weighted by Gasteiger charge is -2.15. The number of Topliss-reactive ketones (excluding diaryl/α,β-unsaturated/α-hetero) is 1. The summed E-state index contributed by atoms with van der Waals surface area (Å²) in [5.41, 5.74) is 7.41. The molecule has 3 rings (SSSR count). The average molecular weight is 575 g/mol. The molecule has 1 fully saturated rings. The Morgan fingerprint density at radius 1 is 0.952 bits per heavy atom. The van der Waals surface area contributed by atoms with Gasteiger partial charge in [0.05, 0.1) is 0 Å². The van der Waals surface area contributed by atoms with E-state index in [1.807, 2.05) is 40.7 Å². The Kier molecular flexibility index (Phi) is 23.7.